The predicted molar refractivity (Wildman–Crippen MR) is 82.0 cm³/mol. The number of amides is 2. The van der Waals surface area contributed by atoms with E-state index >= 15 is 0 Å². The first-order valence-corrected chi connectivity index (χ1v) is 6.93. The molecule has 24 heavy (non-hydrogen) atoms. The molecule has 0 spiro atoms. The summed E-state index contributed by atoms with van der Waals surface area (Å²) in [5.41, 5.74) is -2.54. The minimum atomic E-state index is -4.89. The quantitative estimate of drug-likeness (QED) is 0.297. The average molecular weight is 358 g/mol. The van der Waals surface area contributed by atoms with Crippen LogP contribution < -0.4 is 5.32 Å². The van der Waals surface area contributed by atoms with Crippen molar-refractivity contribution in [3.05, 3.63) is 53.4 Å². The Hall–Kier alpha value is -2.55. The second-order valence-corrected chi connectivity index (χ2v) is 5.11. The Morgan fingerprint density at radius 3 is 2.54 bits per heavy atom. The highest BCUT2D eigenvalue weighted by molar-refractivity contribution is 7.80. The molecule has 1 aliphatic rings. The molecule has 2 amide bonds. The van der Waals surface area contributed by atoms with E-state index in [2.05, 4.69) is 11.9 Å². The second-order valence-electron chi connectivity index (χ2n) is 4.73. The Bertz CT molecular complexity index is 771. The molecule has 1 saturated heterocycles. The van der Waals surface area contributed by atoms with Gasteiger partial charge in [-0.25, -0.2) is 4.39 Å². The maximum atomic E-state index is 14.0. The number of hydrogen-bond donors (Lipinski definition) is 1. The molecule has 0 atom stereocenters. The summed E-state index contributed by atoms with van der Waals surface area (Å²) >= 11 is 4.83. The highest BCUT2D eigenvalue weighted by Crippen LogP contribution is 2.33. The zero-order chi connectivity index (χ0) is 18.1. The largest absolute Gasteiger partial charge is 0.419 e. The molecule has 4 nitrogen and oxygen atoms in total. The van der Waals surface area contributed by atoms with Gasteiger partial charge in [0.15, 0.2) is 5.11 Å². The topological polar surface area (TPSA) is 49.4 Å². The van der Waals surface area contributed by atoms with Crippen LogP contribution in [-0.2, 0) is 15.8 Å². The van der Waals surface area contributed by atoms with Crippen LogP contribution in [-0.4, -0.2) is 28.4 Å². The van der Waals surface area contributed by atoms with Crippen molar-refractivity contribution in [2.24, 2.45) is 0 Å². The maximum absolute atomic E-state index is 14.0. The Balaban J connectivity index is 2.50. The molecule has 0 unspecified atom stereocenters. The Morgan fingerprint density at radius 1 is 1.29 bits per heavy atom. The molecule has 0 radical (unpaired) electrons. The standard InChI is InChI=1S/C15H10F4N2O2S/c1-2-6-21-13(23)9(12(22)20-14(21)24)7-8-4-3-5-10(11(8)16)15(17,18)19/h2-5,7H,1,6H2,(H,20,22,24)/b9-7+. The van der Waals surface area contributed by atoms with Gasteiger partial charge in [0.25, 0.3) is 11.8 Å². The van der Waals surface area contributed by atoms with Crippen LogP contribution in [0.3, 0.4) is 0 Å². The summed E-state index contributed by atoms with van der Waals surface area (Å²) in [6, 6.07) is 2.58. The van der Waals surface area contributed by atoms with E-state index in [9.17, 15) is 27.2 Å². The van der Waals surface area contributed by atoms with Crippen LogP contribution in [0, 0.1) is 5.82 Å². The summed E-state index contributed by atoms with van der Waals surface area (Å²) in [5.74, 6) is -3.33. The molecule has 2 rings (SSSR count). The van der Waals surface area contributed by atoms with Crippen LogP contribution in [0.1, 0.15) is 11.1 Å². The molecular formula is C15H10F4N2O2S. The summed E-state index contributed by atoms with van der Waals surface area (Å²) < 4.78 is 52.2. The lowest BCUT2D eigenvalue weighted by Crippen LogP contribution is -2.53. The molecule has 1 fully saturated rings. The van der Waals surface area contributed by atoms with Crippen LogP contribution >= 0.6 is 12.2 Å². The predicted octanol–water partition coefficient (Wildman–Crippen LogP) is 2.66. The second kappa shape index (κ2) is 6.52. The Morgan fingerprint density at radius 2 is 1.96 bits per heavy atom. The van der Waals surface area contributed by atoms with Crippen molar-refractivity contribution in [3.8, 4) is 0 Å². The molecule has 1 aliphatic heterocycles. The zero-order valence-electron chi connectivity index (χ0n) is 12.0. The maximum Gasteiger partial charge on any atom is 0.419 e. The van der Waals surface area contributed by atoms with Crippen molar-refractivity contribution in [3.63, 3.8) is 0 Å². The molecular weight excluding hydrogens is 348 g/mol. The highest BCUT2D eigenvalue weighted by Gasteiger charge is 2.36. The van der Waals surface area contributed by atoms with Crippen molar-refractivity contribution in [1.29, 1.82) is 0 Å². The molecule has 126 valence electrons. The van der Waals surface area contributed by atoms with Gasteiger partial charge in [-0.3, -0.25) is 19.8 Å². The number of nitrogens with one attached hydrogen (secondary N) is 1. The summed E-state index contributed by atoms with van der Waals surface area (Å²) in [6.07, 6.45) is -2.78. The minimum Gasteiger partial charge on any atom is -0.298 e. The van der Waals surface area contributed by atoms with E-state index in [-0.39, 0.29) is 11.7 Å². The fourth-order valence-electron chi connectivity index (χ4n) is 2.02. The van der Waals surface area contributed by atoms with E-state index in [0.29, 0.717) is 6.07 Å². The monoisotopic (exact) mass is 358 g/mol. The smallest absolute Gasteiger partial charge is 0.298 e. The molecule has 0 aromatic heterocycles. The summed E-state index contributed by atoms with van der Waals surface area (Å²) in [5, 5.41) is 2.06. The summed E-state index contributed by atoms with van der Waals surface area (Å²) in [4.78, 5) is 25.1. The third-order valence-corrected chi connectivity index (χ3v) is 3.45. The minimum absolute atomic E-state index is 0.0135. The Labute approximate surface area is 139 Å². The zero-order valence-corrected chi connectivity index (χ0v) is 12.8. The number of halogens is 4. The molecule has 1 heterocycles. The first kappa shape index (κ1) is 17.8. The van der Waals surface area contributed by atoms with Crippen LogP contribution in [0.25, 0.3) is 6.08 Å². The normalized spacial score (nSPS) is 17.2. The molecule has 1 aromatic carbocycles. The summed E-state index contributed by atoms with van der Waals surface area (Å²) in [7, 11) is 0. The lowest BCUT2D eigenvalue weighted by molar-refractivity contribution is -0.140. The molecule has 0 saturated carbocycles. The number of nitrogens with zero attached hydrogens (tertiary/aromatic N) is 1. The van der Waals surface area contributed by atoms with Crippen molar-refractivity contribution < 1.29 is 27.2 Å². The van der Waals surface area contributed by atoms with E-state index in [1.165, 1.54) is 6.08 Å². The van der Waals surface area contributed by atoms with E-state index in [0.717, 1.165) is 23.1 Å². The third kappa shape index (κ3) is 3.35. The lowest BCUT2D eigenvalue weighted by Gasteiger charge is -2.27. The van der Waals surface area contributed by atoms with E-state index in [4.69, 9.17) is 12.2 Å². The Kier molecular flexibility index (Phi) is 4.83. The van der Waals surface area contributed by atoms with Gasteiger partial charge in [0.05, 0.1) is 5.56 Å². The number of benzene rings is 1. The van der Waals surface area contributed by atoms with Gasteiger partial charge in [-0.1, -0.05) is 18.2 Å². The third-order valence-electron chi connectivity index (χ3n) is 3.13. The van der Waals surface area contributed by atoms with Crippen LogP contribution in [0.2, 0.25) is 0 Å². The fourth-order valence-corrected chi connectivity index (χ4v) is 2.27. The number of thiocarbonyl (C=S) groups is 1. The van der Waals surface area contributed by atoms with Gasteiger partial charge in [-0.15, -0.1) is 6.58 Å². The SMILES string of the molecule is C=CCN1C(=O)/C(=C/c2cccc(C(F)(F)F)c2F)C(=O)NC1=S. The number of hydrogen-bond acceptors (Lipinski definition) is 3. The van der Waals surface area contributed by atoms with Gasteiger partial charge in [0.1, 0.15) is 11.4 Å². The van der Waals surface area contributed by atoms with Gasteiger partial charge < -0.3 is 0 Å². The van der Waals surface area contributed by atoms with E-state index in [1.807, 2.05) is 0 Å². The first-order valence-electron chi connectivity index (χ1n) is 6.52. The lowest BCUT2D eigenvalue weighted by atomic mass is 10.0. The number of carbonyl (C=O) groups excluding carboxylic acids is 2. The van der Waals surface area contributed by atoms with Crippen molar-refractivity contribution in [1.82, 2.24) is 10.2 Å². The van der Waals surface area contributed by atoms with Crippen molar-refractivity contribution in [2.45, 2.75) is 6.18 Å². The van der Waals surface area contributed by atoms with Crippen molar-refractivity contribution in [2.75, 3.05) is 6.54 Å². The van der Waals surface area contributed by atoms with Gasteiger partial charge in [0.2, 0.25) is 0 Å². The molecule has 0 aliphatic carbocycles. The number of carbonyl (C=O) groups is 2. The van der Waals surface area contributed by atoms with Crippen LogP contribution in [0.15, 0.2) is 36.4 Å². The summed E-state index contributed by atoms with van der Waals surface area (Å²) in [6.45, 7) is 3.42. The van der Waals surface area contributed by atoms with Gasteiger partial charge in [-0.2, -0.15) is 13.2 Å². The number of alkyl halides is 3. The molecule has 1 N–H and O–H groups in total. The fraction of sp³-hybridized carbons (Fsp3) is 0.133. The van der Waals surface area contributed by atoms with E-state index < -0.39 is 40.5 Å². The van der Waals surface area contributed by atoms with Crippen molar-refractivity contribution >= 4 is 35.2 Å². The molecule has 9 heteroatoms. The van der Waals surface area contributed by atoms with Gasteiger partial charge in [0, 0.05) is 12.1 Å². The first-order chi connectivity index (χ1) is 11.2. The highest BCUT2D eigenvalue weighted by atomic mass is 32.1. The number of rotatable bonds is 3. The average Bonchev–Trinajstić information content (AvgIpc) is 2.48. The van der Waals surface area contributed by atoms with Crippen LogP contribution in [0.5, 0.6) is 0 Å². The van der Waals surface area contributed by atoms with Gasteiger partial charge >= 0.3 is 6.18 Å². The molecule has 0 bridgehead atoms. The molecule has 1 aromatic rings. The van der Waals surface area contributed by atoms with E-state index in [1.54, 1.807) is 0 Å². The van der Waals surface area contributed by atoms with Crippen LogP contribution in [0.4, 0.5) is 17.6 Å². The van der Waals surface area contributed by atoms with Gasteiger partial charge in [-0.05, 0) is 24.4 Å².